The number of hydrogen-bond donors (Lipinski definition) is 1. The van der Waals surface area contributed by atoms with Gasteiger partial charge in [0.05, 0.1) is 0 Å². The first-order valence-corrected chi connectivity index (χ1v) is 7.97. The maximum Gasteiger partial charge on any atom is 0.227 e. The monoisotopic (exact) mass is 294 g/mol. The van der Waals surface area contributed by atoms with E-state index in [4.69, 9.17) is 0 Å². The van der Waals surface area contributed by atoms with Crippen molar-refractivity contribution in [2.24, 2.45) is 5.10 Å². The van der Waals surface area contributed by atoms with Crippen LogP contribution in [0, 0.1) is 0 Å². The Morgan fingerprint density at radius 2 is 1.95 bits per heavy atom. The molecule has 120 valence electrons. The fourth-order valence-electron chi connectivity index (χ4n) is 2.55. The van der Waals surface area contributed by atoms with Crippen LogP contribution in [0.2, 0.25) is 0 Å². The molecular formula is C16H30N4O. The second kappa shape index (κ2) is 9.58. The van der Waals surface area contributed by atoms with Gasteiger partial charge in [0, 0.05) is 12.7 Å². The van der Waals surface area contributed by atoms with Crippen molar-refractivity contribution in [2.45, 2.75) is 46.4 Å². The Morgan fingerprint density at radius 3 is 2.48 bits per heavy atom. The van der Waals surface area contributed by atoms with E-state index in [0.717, 1.165) is 32.6 Å². The van der Waals surface area contributed by atoms with Gasteiger partial charge >= 0.3 is 0 Å². The van der Waals surface area contributed by atoms with Crippen LogP contribution in [0.15, 0.2) is 30.0 Å². The zero-order valence-electron chi connectivity index (χ0n) is 13.7. The van der Waals surface area contributed by atoms with E-state index in [1.54, 1.807) is 16.0 Å². The number of aliphatic hydroxyl groups excluding tert-OH is 1. The Morgan fingerprint density at radius 1 is 1.29 bits per heavy atom. The molecule has 0 spiro atoms. The van der Waals surface area contributed by atoms with Gasteiger partial charge in [-0.1, -0.05) is 26.5 Å². The van der Waals surface area contributed by atoms with Gasteiger partial charge in [-0.25, -0.2) is 5.01 Å². The highest BCUT2D eigenvalue weighted by atomic mass is 16.3. The number of nitrogens with zero attached hydrogens (tertiary/aromatic N) is 4. The lowest BCUT2D eigenvalue weighted by Crippen LogP contribution is -2.39. The van der Waals surface area contributed by atoms with Crippen LogP contribution in [-0.4, -0.2) is 58.3 Å². The maximum atomic E-state index is 10.3. The van der Waals surface area contributed by atoms with Crippen molar-refractivity contribution >= 4 is 5.84 Å². The van der Waals surface area contributed by atoms with Crippen LogP contribution in [-0.2, 0) is 0 Å². The molecule has 1 rings (SSSR count). The molecule has 0 aromatic rings. The summed E-state index contributed by atoms with van der Waals surface area (Å²) in [6.45, 7) is 14.2. The minimum absolute atomic E-state index is 0.694. The Labute approximate surface area is 129 Å². The fraction of sp³-hybridized carbons (Fsp3) is 0.688. The number of hydrazone groups is 1. The fourth-order valence-corrected chi connectivity index (χ4v) is 2.55. The summed E-state index contributed by atoms with van der Waals surface area (Å²) in [4.78, 5) is 4.20. The van der Waals surface area contributed by atoms with Crippen LogP contribution in [0.5, 0.6) is 0 Å². The molecule has 21 heavy (non-hydrogen) atoms. The SMILES string of the molecule is C=CC1=NN(CCCN(CCC)CCC)C(O)N1/C=C\C. The lowest BCUT2D eigenvalue weighted by molar-refractivity contribution is -0.0425. The molecule has 0 saturated heterocycles. The third-order valence-corrected chi connectivity index (χ3v) is 3.44. The first-order chi connectivity index (χ1) is 10.2. The summed E-state index contributed by atoms with van der Waals surface area (Å²) >= 11 is 0. The quantitative estimate of drug-likeness (QED) is 0.672. The second-order valence-electron chi connectivity index (χ2n) is 5.26. The number of rotatable bonds is 10. The van der Waals surface area contributed by atoms with Crippen LogP contribution in [0.1, 0.15) is 40.0 Å². The van der Waals surface area contributed by atoms with Crippen LogP contribution in [0.25, 0.3) is 0 Å². The normalized spacial score (nSPS) is 18.9. The highest BCUT2D eigenvalue weighted by Gasteiger charge is 2.28. The van der Waals surface area contributed by atoms with E-state index >= 15 is 0 Å². The van der Waals surface area contributed by atoms with Crippen molar-refractivity contribution in [3.63, 3.8) is 0 Å². The Bertz CT molecular complexity index is 361. The molecule has 0 aromatic heterocycles. The molecule has 0 amide bonds. The molecule has 0 saturated carbocycles. The molecule has 1 aliphatic rings. The molecule has 5 heteroatoms. The highest BCUT2D eigenvalue weighted by molar-refractivity contribution is 5.94. The molecule has 1 heterocycles. The minimum atomic E-state index is -0.722. The molecule has 0 radical (unpaired) electrons. The van der Waals surface area contributed by atoms with Crippen molar-refractivity contribution < 1.29 is 5.11 Å². The van der Waals surface area contributed by atoms with Gasteiger partial charge in [-0.05, 0) is 51.9 Å². The summed E-state index contributed by atoms with van der Waals surface area (Å²) < 4.78 is 0. The van der Waals surface area contributed by atoms with E-state index in [2.05, 4.69) is 30.4 Å². The average Bonchev–Trinajstić information content (AvgIpc) is 2.77. The lowest BCUT2D eigenvalue weighted by atomic mass is 10.3. The summed E-state index contributed by atoms with van der Waals surface area (Å²) in [7, 11) is 0. The van der Waals surface area contributed by atoms with Crippen molar-refractivity contribution in [3.8, 4) is 0 Å². The lowest BCUT2D eigenvalue weighted by Gasteiger charge is -2.26. The molecule has 1 aliphatic heterocycles. The predicted molar refractivity (Wildman–Crippen MR) is 88.6 cm³/mol. The zero-order valence-corrected chi connectivity index (χ0v) is 13.7. The minimum Gasteiger partial charge on any atom is -0.355 e. The molecule has 0 fully saturated rings. The van der Waals surface area contributed by atoms with Gasteiger partial charge < -0.3 is 10.0 Å². The van der Waals surface area contributed by atoms with Gasteiger partial charge in [-0.2, -0.15) is 5.10 Å². The molecule has 1 atom stereocenters. The Kier molecular flexibility index (Phi) is 8.08. The topological polar surface area (TPSA) is 42.3 Å². The number of allylic oxidation sites excluding steroid dienone is 1. The molecular weight excluding hydrogens is 264 g/mol. The first-order valence-electron chi connectivity index (χ1n) is 7.97. The molecule has 0 aliphatic carbocycles. The summed E-state index contributed by atoms with van der Waals surface area (Å²) in [5.41, 5.74) is 0. The van der Waals surface area contributed by atoms with Gasteiger partial charge in [-0.3, -0.25) is 4.90 Å². The Hall–Kier alpha value is -1.33. The second-order valence-corrected chi connectivity index (χ2v) is 5.26. The van der Waals surface area contributed by atoms with E-state index in [1.165, 1.54) is 12.8 Å². The Balaban J connectivity index is 2.48. The third-order valence-electron chi connectivity index (χ3n) is 3.44. The summed E-state index contributed by atoms with van der Waals surface area (Å²) in [5.74, 6) is 0.694. The number of amidine groups is 1. The average molecular weight is 294 g/mol. The summed E-state index contributed by atoms with van der Waals surface area (Å²) in [5, 5.41) is 16.4. The maximum absolute atomic E-state index is 10.3. The first kappa shape index (κ1) is 17.7. The van der Waals surface area contributed by atoms with Crippen LogP contribution in [0.3, 0.4) is 0 Å². The van der Waals surface area contributed by atoms with Crippen molar-refractivity contribution in [1.82, 2.24) is 14.8 Å². The molecule has 0 aromatic carbocycles. The van der Waals surface area contributed by atoms with Crippen LogP contribution in [0.4, 0.5) is 0 Å². The standard InChI is InChI=1S/C16H30N4O/c1-5-10-18(11-6-2)13-9-14-20-16(21)19(12-7-3)15(8-4)17-20/h7-8,12,16,21H,4-6,9-11,13-14H2,1-3H3/b12-7-. The van der Waals surface area contributed by atoms with Crippen molar-refractivity contribution in [3.05, 3.63) is 24.9 Å². The third kappa shape index (κ3) is 5.17. The van der Waals surface area contributed by atoms with E-state index in [0.29, 0.717) is 5.84 Å². The van der Waals surface area contributed by atoms with Crippen molar-refractivity contribution in [2.75, 3.05) is 26.2 Å². The van der Waals surface area contributed by atoms with Crippen LogP contribution >= 0.6 is 0 Å². The highest BCUT2D eigenvalue weighted by Crippen LogP contribution is 2.16. The predicted octanol–water partition coefficient (Wildman–Crippen LogP) is 2.43. The van der Waals surface area contributed by atoms with E-state index in [9.17, 15) is 5.11 Å². The molecule has 1 N–H and O–H groups in total. The van der Waals surface area contributed by atoms with Crippen LogP contribution < -0.4 is 0 Å². The molecule has 0 bridgehead atoms. The van der Waals surface area contributed by atoms with Gasteiger partial charge in [0.2, 0.25) is 6.35 Å². The van der Waals surface area contributed by atoms with Gasteiger partial charge in [0.25, 0.3) is 0 Å². The van der Waals surface area contributed by atoms with E-state index in [1.807, 2.05) is 19.2 Å². The summed E-state index contributed by atoms with van der Waals surface area (Å²) in [6.07, 6.45) is 8.01. The van der Waals surface area contributed by atoms with E-state index in [-0.39, 0.29) is 0 Å². The largest absolute Gasteiger partial charge is 0.355 e. The van der Waals surface area contributed by atoms with Gasteiger partial charge in [0.1, 0.15) is 0 Å². The smallest absolute Gasteiger partial charge is 0.227 e. The summed E-state index contributed by atoms with van der Waals surface area (Å²) in [6, 6.07) is 0. The molecule has 1 unspecified atom stereocenters. The van der Waals surface area contributed by atoms with Gasteiger partial charge in [-0.15, -0.1) is 0 Å². The molecule has 5 nitrogen and oxygen atoms in total. The van der Waals surface area contributed by atoms with Gasteiger partial charge in [0.15, 0.2) is 5.84 Å². The number of aliphatic hydroxyl groups is 1. The zero-order chi connectivity index (χ0) is 15.7. The number of hydrogen-bond acceptors (Lipinski definition) is 5. The van der Waals surface area contributed by atoms with E-state index < -0.39 is 6.35 Å². The van der Waals surface area contributed by atoms with Crippen molar-refractivity contribution in [1.29, 1.82) is 0 Å².